The molecule has 0 spiro atoms. The molecular formula is C7H13NO3. The van der Waals surface area contributed by atoms with E-state index < -0.39 is 0 Å². The number of ether oxygens (including phenoxy) is 1. The lowest BCUT2D eigenvalue weighted by Gasteiger charge is -2.00. The van der Waals surface area contributed by atoms with Crippen molar-refractivity contribution >= 4 is 11.7 Å². The summed E-state index contributed by atoms with van der Waals surface area (Å²) in [4.78, 5) is 21.1. The maximum absolute atomic E-state index is 10.8. The van der Waals surface area contributed by atoms with Gasteiger partial charge in [0.25, 0.3) is 0 Å². The van der Waals surface area contributed by atoms with E-state index >= 15 is 0 Å². The summed E-state index contributed by atoms with van der Waals surface area (Å²) in [6, 6.07) is 0. The Morgan fingerprint density at radius 2 is 2.09 bits per heavy atom. The van der Waals surface area contributed by atoms with Gasteiger partial charge in [-0.2, -0.15) is 0 Å². The monoisotopic (exact) mass is 159 g/mol. The van der Waals surface area contributed by atoms with Gasteiger partial charge < -0.3 is 10.1 Å². The van der Waals surface area contributed by atoms with Gasteiger partial charge in [-0.1, -0.05) is 0 Å². The number of carbonyl (C=O) groups excluding carboxylic acids is 2. The molecule has 0 aromatic carbocycles. The van der Waals surface area contributed by atoms with Crippen LogP contribution in [0.4, 0.5) is 0 Å². The van der Waals surface area contributed by atoms with Gasteiger partial charge in [0, 0.05) is 13.5 Å². The number of carbonyl (C=O) groups is 2. The summed E-state index contributed by atoms with van der Waals surface area (Å²) in [5.74, 6) is -0.196. The van der Waals surface area contributed by atoms with Crippen LogP contribution in [-0.2, 0) is 14.3 Å². The predicted molar refractivity (Wildman–Crippen MR) is 40.2 cm³/mol. The molecule has 0 aromatic heterocycles. The van der Waals surface area contributed by atoms with Gasteiger partial charge in [-0.25, -0.2) is 0 Å². The SMILES string of the molecule is COCCC(=O)NCC(C)=O. The third-order valence-electron chi connectivity index (χ3n) is 1.07. The molecule has 0 bridgehead atoms. The highest BCUT2D eigenvalue weighted by Gasteiger charge is 2.00. The maximum atomic E-state index is 10.8. The van der Waals surface area contributed by atoms with E-state index in [4.69, 9.17) is 0 Å². The Hall–Kier alpha value is -0.900. The molecule has 0 heterocycles. The average molecular weight is 159 g/mol. The summed E-state index contributed by atoms with van der Waals surface area (Å²) in [7, 11) is 1.53. The van der Waals surface area contributed by atoms with E-state index in [1.165, 1.54) is 14.0 Å². The number of nitrogens with one attached hydrogen (secondary N) is 1. The topological polar surface area (TPSA) is 55.4 Å². The standard InChI is InChI=1S/C7H13NO3/c1-6(9)5-8-7(10)3-4-11-2/h3-5H2,1-2H3,(H,8,10). The van der Waals surface area contributed by atoms with E-state index in [9.17, 15) is 9.59 Å². The van der Waals surface area contributed by atoms with Crippen LogP contribution in [0, 0.1) is 0 Å². The first-order valence-corrected chi connectivity index (χ1v) is 3.42. The third-order valence-corrected chi connectivity index (χ3v) is 1.07. The maximum Gasteiger partial charge on any atom is 0.222 e. The molecule has 1 amide bonds. The van der Waals surface area contributed by atoms with Crippen molar-refractivity contribution < 1.29 is 14.3 Å². The number of hydrogen-bond acceptors (Lipinski definition) is 3. The highest BCUT2D eigenvalue weighted by molar-refractivity contribution is 5.84. The molecule has 4 heteroatoms. The van der Waals surface area contributed by atoms with Gasteiger partial charge >= 0.3 is 0 Å². The second-order valence-electron chi connectivity index (χ2n) is 2.22. The van der Waals surface area contributed by atoms with Gasteiger partial charge in [0.2, 0.25) is 5.91 Å². The van der Waals surface area contributed by atoms with E-state index in [2.05, 4.69) is 10.1 Å². The molecule has 0 unspecified atom stereocenters. The van der Waals surface area contributed by atoms with E-state index in [-0.39, 0.29) is 18.2 Å². The quantitative estimate of drug-likeness (QED) is 0.600. The fourth-order valence-corrected chi connectivity index (χ4v) is 0.506. The molecule has 0 atom stereocenters. The van der Waals surface area contributed by atoms with Crippen LogP contribution in [0.15, 0.2) is 0 Å². The van der Waals surface area contributed by atoms with Crippen LogP contribution in [0.3, 0.4) is 0 Å². The van der Waals surface area contributed by atoms with Crippen molar-refractivity contribution in [1.29, 1.82) is 0 Å². The van der Waals surface area contributed by atoms with Crippen molar-refractivity contribution in [3.8, 4) is 0 Å². The minimum absolute atomic E-state index is 0.0456. The Labute approximate surface area is 65.9 Å². The summed E-state index contributed by atoms with van der Waals surface area (Å²) in [5, 5.41) is 2.45. The van der Waals surface area contributed by atoms with Gasteiger partial charge in [0.05, 0.1) is 13.2 Å². The highest BCUT2D eigenvalue weighted by atomic mass is 16.5. The fourth-order valence-electron chi connectivity index (χ4n) is 0.506. The Kier molecular flexibility index (Phi) is 5.37. The summed E-state index contributed by atoms with van der Waals surface area (Å²) < 4.78 is 4.67. The minimum atomic E-state index is -0.151. The Morgan fingerprint density at radius 3 is 2.55 bits per heavy atom. The smallest absolute Gasteiger partial charge is 0.222 e. The molecule has 0 radical (unpaired) electrons. The zero-order valence-corrected chi connectivity index (χ0v) is 6.85. The molecular weight excluding hydrogens is 146 g/mol. The Morgan fingerprint density at radius 1 is 1.45 bits per heavy atom. The van der Waals surface area contributed by atoms with Gasteiger partial charge in [-0.3, -0.25) is 9.59 Å². The van der Waals surface area contributed by atoms with Crippen LogP contribution in [0.1, 0.15) is 13.3 Å². The van der Waals surface area contributed by atoms with E-state index in [1.807, 2.05) is 0 Å². The summed E-state index contributed by atoms with van der Waals surface area (Å²) in [6.07, 6.45) is 0.309. The number of Topliss-reactive ketones (excluding diaryl/α,β-unsaturated/α-hetero) is 1. The molecule has 4 nitrogen and oxygen atoms in total. The molecule has 0 aromatic rings. The normalized spacial score (nSPS) is 9.27. The molecule has 1 N–H and O–H groups in total. The van der Waals surface area contributed by atoms with E-state index in [1.54, 1.807) is 0 Å². The molecule has 0 aliphatic carbocycles. The molecule has 11 heavy (non-hydrogen) atoms. The lowest BCUT2D eigenvalue weighted by Crippen LogP contribution is -2.28. The predicted octanol–water partition coefficient (Wildman–Crippen LogP) is -0.272. The highest BCUT2D eigenvalue weighted by Crippen LogP contribution is 1.79. The van der Waals surface area contributed by atoms with E-state index in [0.717, 1.165) is 0 Å². The van der Waals surface area contributed by atoms with Crippen molar-refractivity contribution in [3.63, 3.8) is 0 Å². The van der Waals surface area contributed by atoms with Gasteiger partial charge in [-0.05, 0) is 6.92 Å². The fraction of sp³-hybridized carbons (Fsp3) is 0.714. The van der Waals surface area contributed by atoms with Crippen LogP contribution >= 0.6 is 0 Å². The van der Waals surface area contributed by atoms with Crippen LogP contribution in [0.5, 0.6) is 0 Å². The number of rotatable bonds is 5. The molecule has 0 aliphatic heterocycles. The molecule has 0 saturated carbocycles. The van der Waals surface area contributed by atoms with E-state index in [0.29, 0.717) is 13.0 Å². The zero-order valence-electron chi connectivity index (χ0n) is 6.85. The molecule has 64 valence electrons. The second kappa shape index (κ2) is 5.85. The first-order valence-electron chi connectivity index (χ1n) is 3.42. The van der Waals surface area contributed by atoms with Crippen molar-refractivity contribution in [2.45, 2.75) is 13.3 Å². The van der Waals surface area contributed by atoms with Crippen LogP contribution < -0.4 is 5.32 Å². The zero-order chi connectivity index (χ0) is 8.69. The van der Waals surface area contributed by atoms with Crippen LogP contribution in [-0.4, -0.2) is 32.0 Å². The van der Waals surface area contributed by atoms with Gasteiger partial charge in [0.15, 0.2) is 0 Å². The van der Waals surface area contributed by atoms with Crippen molar-refractivity contribution in [2.24, 2.45) is 0 Å². The third kappa shape index (κ3) is 6.99. The van der Waals surface area contributed by atoms with Crippen molar-refractivity contribution in [3.05, 3.63) is 0 Å². The van der Waals surface area contributed by atoms with Crippen molar-refractivity contribution in [2.75, 3.05) is 20.3 Å². The Balaban J connectivity index is 3.30. The van der Waals surface area contributed by atoms with Crippen LogP contribution in [0.2, 0.25) is 0 Å². The van der Waals surface area contributed by atoms with Crippen molar-refractivity contribution in [1.82, 2.24) is 5.32 Å². The van der Waals surface area contributed by atoms with Gasteiger partial charge in [-0.15, -0.1) is 0 Å². The molecule has 0 saturated heterocycles. The van der Waals surface area contributed by atoms with Crippen LogP contribution in [0.25, 0.3) is 0 Å². The number of amides is 1. The molecule has 0 aliphatic rings. The summed E-state index contributed by atoms with van der Waals surface area (Å²) >= 11 is 0. The average Bonchev–Trinajstić information content (AvgIpc) is 1.97. The molecule has 0 fully saturated rings. The van der Waals surface area contributed by atoms with Gasteiger partial charge in [0.1, 0.15) is 5.78 Å². The minimum Gasteiger partial charge on any atom is -0.384 e. The Bertz CT molecular complexity index is 145. The second-order valence-corrected chi connectivity index (χ2v) is 2.22. The number of hydrogen-bond donors (Lipinski definition) is 1. The number of methoxy groups -OCH3 is 1. The number of ketones is 1. The first-order chi connectivity index (χ1) is 5.16. The summed E-state index contributed by atoms with van der Waals surface area (Å²) in [6.45, 7) is 1.93. The largest absolute Gasteiger partial charge is 0.384 e. The summed E-state index contributed by atoms with van der Waals surface area (Å²) in [5.41, 5.74) is 0. The molecule has 0 rings (SSSR count). The lowest BCUT2D eigenvalue weighted by molar-refractivity contribution is -0.125. The lowest BCUT2D eigenvalue weighted by atomic mass is 10.4. The first kappa shape index (κ1) is 10.1.